The number of likely N-dealkylation sites (N-methyl/N-ethyl adjacent to an activating group) is 1. The average Bonchev–Trinajstić information content (AvgIpc) is 3.48. The maximum Gasteiger partial charge on any atom is 0.416 e. The number of hydrogen-bond acceptors (Lipinski definition) is 5. The number of rotatable bonds is 10. The van der Waals surface area contributed by atoms with Crippen molar-refractivity contribution in [3.05, 3.63) is 126 Å². The molecule has 0 aliphatic carbocycles. The van der Waals surface area contributed by atoms with Crippen LogP contribution in [0, 0.1) is 0 Å². The van der Waals surface area contributed by atoms with Gasteiger partial charge in [-0.25, -0.2) is 9.78 Å². The van der Waals surface area contributed by atoms with Gasteiger partial charge in [-0.15, -0.1) is 0 Å². The number of hydrogen-bond donors (Lipinski definition) is 1. The summed E-state index contributed by atoms with van der Waals surface area (Å²) in [5.74, 6) is -1.17. The Hall–Kier alpha value is -4.83. The second-order valence-corrected chi connectivity index (χ2v) is 11.0. The summed E-state index contributed by atoms with van der Waals surface area (Å²) in [4.78, 5) is 31.6. The summed E-state index contributed by atoms with van der Waals surface area (Å²) < 4.78 is 45.5. The number of halogens is 3. The maximum atomic E-state index is 13.8. The van der Waals surface area contributed by atoms with Crippen LogP contribution in [0.15, 0.2) is 114 Å². The molecular formula is C34H27F3N2O4S. The fourth-order valence-electron chi connectivity index (χ4n) is 4.55. The quantitative estimate of drug-likeness (QED) is 0.171. The molecule has 1 heterocycles. The van der Waals surface area contributed by atoms with E-state index in [0.717, 1.165) is 33.7 Å². The van der Waals surface area contributed by atoms with Crippen LogP contribution in [0.2, 0.25) is 0 Å². The number of aliphatic carboxylic acids is 1. The third-order valence-electron chi connectivity index (χ3n) is 7.00. The number of thioether (sulfide) groups is 1. The fourth-order valence-corrected chi connectivity index (χ4v) is 5.69. The maximum absolute atomic E-state index is 13.8. The molecule has 0 bridgehead atoms. The van der Waals surface area contributed by atoms with Crippen molar-refractivity contribution in [3.8, 4) is 33.9 Å². The van der Waals surface area contributed by atoms with Gasteiger partial charge in [-0.1, -0.05) is 84.9 Å². The first-order valence-corrected chi connectivity index (χ1v) is 14.7. The van der Waals surface area contributed by atoms with Crippen molar-refractivity contribution in [1.29, 1.82) is 0 Å². The van der Waals surface area contributed by atoms with Gasteiger partial charge >= 0.3 is 12.1 Å². The molecule has 1 aromatic heterocycles. The average molecular weight is 617 g/mol. The molecule has 44 heavy (non-hydrogen) atoms. The predicted molar refractivity (Wildman–Crippen MR) is 164 cm³/mol. The summed E-state index contributed by atoms with van der Waals surface area (Å²) in [7, 11) is 1.39. The molecule has 10 heteroatoms. The van der Waals surface area contributed by atoms with Gasteiger partial charge in [0.1, 0.15) is 6.04 Å². The van der Waals surface area contributed by atoms with Crippen molar-refractivity contribution in [2.24, 2.45) is 0 Å². The van der Waals surface area contributed by atoms with E-state index >= 15 is 0 Å². The third-order valence-corrected chi connectivity index (χ3v) is 8.09. The van der Waals surface area contributed by atoms with Crippen LogP contribution in [0.4, 0.5) is 13.2 Å². The highest BCUT2D eigenvalue weighted by molar-refractivity contribution is 7.98. The number of aromatic nitrogens is 1. The topological polar surface area (TPSA) is 83.6 Å². The van der Waals surface area contributed by atoms with Gasteiger partial charge < -0.3 is 14.4 Å². The van der Waals surface area contributed by atoms with E-state index in [4.69, 9.17) is 4.42 Å². The third kappa shape index (κ3) is 7.03. The molecule has 6 nitrogen and oxygen atoms in total. The molecule has 4 aromatic carbocycles. The normalized spacial score (nSPS) is 12.1. The van der Waals surface area contributed by atoms with Crippen molar-refractivity contribution >= 4 is 23.6 Å². The van der Waals surface area contributed by atoms with Gasteiger partial charge in [0.05, 0.1) is 5.56 Å². The van der Waals surface area contributed by atoms with E-state index < -0.39 is 29.7 Å². The van der Waals surface area contributed by atoms with Crippen molar-refractivity contribution < 1.29 is 32.3 Å². The summed E-state index contributed by atoms with van der Waals surface area (Å²) in [6, 6.07) is 29.5. The molecule has 0 radical (unpaired) electrons. The summed E-state index contributed by atoms with van der Waals surface area (Å²) in [6.07, 6.45) is -4.52. The van der Waals surface area contributed by atoms with Crippen LogP contribution in [0.3, 0.4) is 0 Å². The monoisotopic (exact) mass is 616 g/mol. The predicted octanol–water partition coefficient (Wildman–Crippen LogP) is 8.15. The van der Waals surface area contributed by atoms with Crippen molar-refractivity contribution in [3.63, 3.8) is 0 Å². The molecule has 0 fully saturated rings. The van der Waals surface area contributed by atoms with Gasteiger partial charge in [-0.2, -0.15) is 24.9 Å². The van der Waals surface area contributed by atoms with E-state index in [9.17, 15) is 27.9 Å². The zero-order valence-corrected chi connectivity index (χ0v) is 24.3. The largest absolute Gasteiger partial charge is 0.480 e. The van der Waals surface area contributed by atoms with E-state index in [1.807, 2.05) is 72.8 Å². The van der Waals surface area contributed by atoms with E-state index in [-0.39, 0.29) is 28.7 Å². The number of amides is 1. The highest BCUT2D eigenvalue weighted by Gasteiger charge is 2.33. The number of carboxylic acids is 1. The van der Waals surface area contributed by atoms with E-state index in [1.54, 1.807) is 12.1 Å². The van der Waals surface area contributed by atoms with Crippen molar-refractivity contribution in [2.45, 2.75) is 18.0 Å². The Bertz CT molecular complexity index is 1720. The molecule has 224 valence electrons. The summed E-state index contributed by atoms with van der Waals surface area (Å²) >= 11 is 1.38. The second kappa shape index (κ2) is 13.2. The molecule has 0 spiro atoms. The van der Waals surface area contributed by atoms with Gasteiger partial charge in [0, 0.05) is 29.7 Å². The zero-order chi connectivity index (χ0) is 31.3. The zero-order valence-electron chi connectivity index (χ0n) is 23.5. The minimum atomic E-state index is -4.52. The number of nitrogens with zero attached hydrogens (tertiary/aromatic N) is 2. The molecule has 5 aromatic rings. The standard InChI is InChI=1S/C34H27F3N2O4S/c1-39(28(33(41)42)21-44-20-22-8-4-2-5-9-22)32(40)29-30(25-14-12-24(13-15-25)23-10-6-3-7-11-23)43-31(38-29)26-16-18-27(19-17-26)34(35,36)37/h2-19,28H,20-21H2,1H3,(H,41,42)/t28-/m0/s1. The molecule has 1 atom stereocenters. The summed E-state index contributed by atoms with van der Waals surface area (Å²) in [6.45, 7) is 0. The fraction of sp³-hybridized carbons (Fsp3) is 0.147. The molecule has 0 aliphatic rings. The molecule has 5 rings (SSSR count). The lowest BCUT2D eigenvalue weighted by atomic mass is 10.0. The van der Waals surface area contributed by atoms with Gasteiger partial charge in [0.25, 0.3) is 5.91 Å². The minimum Gasteiger partial charge on any atom is -0.480 e. The van der Waals surface area contributed by atoms with Gasteiger partial charge in [-0.3, -0.25) is 4.79 Å². The van der Waals surface area contributed by atoms with Gasteiger partial charge in [-0.05, 0) is 41.0 Å². The minimum absolute atomic E-state index is 0.0667. The summed E-state index contributed by atoms with van der Waals surface area (Å²) in [5, 5.41) is 9.99. The lowest BCUT2D eigenvalue weighted by Crippen LogP contribution is -2.44. The molecule has 1 N–H and O–H groups in total. The first-order valence-electron chi connectivity index (χ1n) is 13.6. The van der Waals surface area contributed by atoms with Gasteiger partial charge in [0.2, 0.25) is 5.89 Å². The molecule has 0 saturated heterocycles. The van der Waals surface area contributed by atoms with Crippen LogP contribution in [0.5, 0.6) is 0 Å². The van der Waals surface area contributed by atoms with E-state index in [1.165, 1.54) is 30.9 Å². The molecule has 1 amide bonds. The number of benzene rings is 4. The van der Waals surface area contributed by atoms with Crippen LogP contribution in [-0.4, -0.2) is 45.7 Å². The number of carbonyl (C=O) groups is 2. The highest BCUT2D eigenvalue weighted by Crippen LogP contribution is 2.35. The Morgan fingerprint density at radius 2 is 1.36 bits per heavy atom. The van der Waals surface area contributed by atoms with Gasteiger partial charge in [0.15, 0.2) is 11.5 Å². The summed E-state index contributed by atoms with van der Waals surface area (Å²) in [5.41, 5.74) is 2.67. The first kappa shape index (κ1) is 30.6. The Kier molecular flexibility index (Phi) is 9.20. The van der Waals surface area contributed by atoms with Crippen LogP contribution in [-0.2, 0) is 16.7 Å². The molecule has 0 saturated carbocycles. The lowest BCUT2D eigenvalue weighted by Gasteiger charge is -2.24. The highest BCUT2D eigenvalue weighted by atomic mass is 32.2. The van der Waals surface area contributed by atoms with Crippen LogP contribution in [0.1, 0.15) is 21.6 Å². The molecular weight excluding hydrogens is 589 g/mol. The smallest absolute Gasteiger partial charge is 0.416 e. The van der Waals surface area contributed by atoms with Crippen molar-refractivity contribution in [2.75, 3.05) is 12.8 Å². The molecule has 0 aliphatic heterocycles. The first-order chi connectivity index (χ1) is 21.1. The Labute approximate surface area is 256 Å². The molecule has 0 unspecified atom stereocenters. The van der Waals surface area contributed by atoms with E-state index in [0.29, 0.717) is 11.3 Å². The number of carbonyl (C=O) groups excluding carboxylic acids is 1. The number of carboxylic acid groups (broad SMARTS) is 1. The lowest BCUT2D eigenvalue weighted by molar-refractivity contribution is -0.141. The van der Waals surface area contributed by atoms with Crippen molar-refractivity contribution in [1.82, 2.24) is 9.88 Å². The SMILES string of the molecule is CN(C(=O)c1nc(-c2ccc(C(F)(F)F)cc2)oc1-c1ccc(-c2ccccc2)cc1)[C@@H](CSCc1ccccc1)C(=O)O. The number of oxazole rings is 1. The van der Waals surface area contributed by atoms with E-state index in [2.05, 4.69) is 4.98 Å². The van der Waals surface area contributed by atoms with Crippen LogP contribution in [0.25, 0.3) is 33.9 Å². The second-order valence-electron chi connectivity index (χ2n) is 9.99. The van der Waals surface area contributed by atoms with Crippen LogP contribution >= 0.6 is 11.8 Å². The number of alkyl halides is 3. The Balaban J connectivity index is 1.47. The Morgan fingerprint density at radius 3 is 1.95 bits per heavy atom. The van der Waals surface area contributed by atoms with Crippen LogP contribution < -0.4 is 0 Å². The Morgan fingerprint density at radius 1 is 0.818 bits per heavy atom.